The lowest BCUT2D eigenvalue weighted by atomic mass is 9.89. The van der Waals surface area contributed by atoms with Gasteiger partial charge in [-0.05, 0) is 57.3 Å². The van der Waals surface area contributed by atoms with E-state index in [1.807, 2.05) is 90.9 Å². The lowest BCUT2D eigenvalue weighted by Gasteiger charge is -2.41. The van der Waals surface area contributed by atoms with Crippen molar-refractivity contribution in [2.24, 2.45) is 23.7 Å². The number of carbonyl (C=O) groups is 5. The molecule has 1 aromatic carbocycles. The van der Waals surface area contributed by atoms with Crippen LogP contribution >= 0.6 is 0 Å². The van der Waals surface area contributed by atoms with Gasteiger partial charge in [-0.1, -0.05) is 85.2 Å². The second-order valence-electron chi connectivity index (χ2n) is 16.7. The molecule has 57 heavy (non-hydrogen) atoms. The first-order valence-electron chi connectivity index (χ1n) is 20.8. The van der Waals surface area contributed by atoms with E-state index in [-0.39, 0.29) is 59.8 Å². The van der Waals surface area contributed by atoms with E-state index in [1.54, 1.807) is 45.0 Å². The molecule has 14 heteroatoms. The molecule has 8 unspecified atom stereocenters. The molecule has 1 fully saturated rings. The zero-order valence-corrected chi connectivity index (χ0v) is 37.1. The number of carbonyl (C=O) groups excluding carboxylic acids is 5. The highest BCUT2D eigenvalue weighted by Gasteiger charge is 2.43. The number of hydrogen-bond donors (Lipinski definition) is 4. The van der Waals surface area contributed by atoms with Crippen molar-refractivity contribution in [2.75, 3.05) is 62.0 Å². The highest BCUT2D eigenvalue weighted by atomic mass is 16.5. The molecule has 1 aromatic rings. The zero-order valence-electron chi connectivity index (χ0n) is 37.1. The average molecular weight is 802 g/mol. The van der Waals surface area contributed by atoms with Gasteiger partial charge in [0.2, 0.25) is 29.5 Å². The summed E-state index contributed by atoms with van der Waals surface area (Å²) in [5.74, 6) is -2.11. The standard InChI is InChI=1S/C43H75N7O7/c1-14-29(6)38(49(11)43(55)37(28(4)5)47-42(54)36(44-8)27(2)3)34(56-12)26-35(51)50-23-18-21-33(50)39(57-13)30(7)40(52)46-32(25-31-19-16-15-17-20-31)41(53)45-22-24-48(9)10/h15-17,19-20,27-30,32-34,36-39,44H,14,18,21-26H2,1-13H3,(H,45,53)(H,46,52)(H,47,54)/t29?,30?,32?,33?,34?,36?,37-,38?,39?/m0/s1. The maximum Gasteiger partial charge on any atom is 0.245 e. The van der Waals surface area contributed by atoms with E-state index in [4.69, 9.17) is 9.47 Å². The molecule has 14 nitrogen and oxygen atoms in total. The number of benzene rings is 1. The Labute approximate surface area is 342 Å². The molecule has 1 aliphatic rings. The summed E-state index contributed by atoms with van der Waals surface area (Å²) in [4.78, 5) is 74.4. The Balaban J connectivity index is 2.29. The third-order valence-corrected chi connectivity index (χ3v) is 11.5. The summed E-state index contributed by atoms with van der Waals surface area (Å²) in [7, 11) is 10.4. The molecule has 4 N–H and O–H groups in total. The number of nitrogens with zero attached hydrogens (tertiary/aromatic N) is 3. The largest absolute Gasteiger partial charge is 0.379 e. The van der Waals surface area contributed by atoms with Crippen LogP contribution in [0.4, 0.5) is 0 Å². The highest BCUT2D eigenvalue weighted by molar-refractivity contribution is 5.90. The van der Waals surface area contributed by atoms with Crippen LogP contribution in [-0.4, -0.2) is 149 Å². The number of methoxy groups -OCH3 is 2. The summed E-state index contributed by atoms with van der Waals surface area (Å²) in [6.45, 7) is 15.2. The first-order chi connectivity index (χ1) is 26.9. The SMILES string of the molecule is CCC(C)C(C(CC(=O)N1CCCC1C(OC)C(C)C(=O)NC(Cc1ccccc1)C(=O)NCCN(C)C)OC)N(C)C(=O)[C@@H](NC(=O)C(NC)C(C)C)C(C)C. The lowest BCUT2D eigenvalue weighted by molar-refractivity contribution is -0.148. The maximum absolute atomic E-state index is 14.3. The summed E-state index contributed by atoms with van der Waals surface area (Å²) < 4.78 is 12.0. The minimum atomic E-state index is -0.799. The smallest absolute Gasteiger partial charge is 0.245 e. The van der Waals surface area contributed by atoms with Gasteiger partial charge in [0.1, 0.15) is 12.1 Å². The Bertz CT molecular complexity index is 1410. The van der Waals surface area contributed by atoms with Crippen LogP contribution in [-0.2, 0) is 39.9 Å². The molecule has 1 heterocycles. The van der Waals surface area contributed by atoms with Crippen molar-refractivity contribution < 1.29 is 33.4 Å². The average Bonchev–Trinajstić information content (AvgIpc) is 3.66. The van der Waals surface area contributed by atoms with Crippen LogP contribution < -0.4 is 21.3 Å². The third kappa shape index (κ3) is 14.3. The van der Waals surface area contributed by atoms with E-state index in [9.17, 15) is 24.0 Å². The fourth-order valence-corrected chi connectivity index (χ4v) is 7.94. The summed E-state index contributed by atoms with van der Waals surface area (Å²) in [6.07, 6.45) is 1.17. The topological polar surface area (TPSA) is 162 Å². The van der Waals surface area contributed by atoms with Crippen molar-refractivity contribution in [1.29, 1.82) is 0 Å². The number of likely N-dealkylation sites (N-methyl/N-ethyl adjacent to an activating group) is 3. The molecule has 0 bridgehead atoms. The Morgan fingerprint density at radius 1 is 0.860 bits per heavy atom. The molecule has 1 saturated heterocycles. The first-order valence-corrected chi connectivity index (χ1v) is 20.8. The van der Waals surface area contributed by atoms with E-state index in [2.05, 4.69) is 21.3 Å². The van der Waals surface area contributed by atoms with Gasteiger partial charge >= 0.3 is 0 Å². The van der Waals surface area contributed by atoms with Crippen molar-refractivity contribution in [2.45, 2.75) is 123 Å². The van der Waals surface area contributed by atoms with Gasteiger partial charge in [0.05, 0.1) is 42.7 Å². The molecule has 2 rings (SSSR count). The van der Waals surface area contributed by atoms with Crippen LogP contribution in [0.3, 0.4) is 0 Å². The molecule has 0 aromatic heterocycles. The van der Waals surface area contributed by atoms with E-state index in [0.717, 1.165) is 18.4 Å². The van der Waals surface area contributed by atoms with Gasteiger partial charge < -0.3 is 45.4 Å². The third-order valence-electron chi connectivity index (χ3n) is 11.5. The Hall–Kier alpha value is -3.59. The van der Waals surface area contributed by atoms with Crippen LogP contribution in [0, 0.1) is 23.7 Å². The van der Waals surface area contributed by atoms with Gasteiger partial charge in [-0.15, -0.1) is 0 Å². The number of amides is 5. The quantitative estimate of drug-likeness (QED) is 0.123. The van der Waals surface area contributed by atoms with Crippen LogP contribution in [0.25, 0.3) is 0 Å². The minimum Gasteiger partial charge on any atom is -0.379 e. The summed E-state index contributed by atoms with van der Waals surface area (Å²) in [5, 5.41) is 12.0. The summed E-state index contributed by atoms with van der Waals surface area (Å²) >= 11 is 0. The van der Waals surface area contributed by atoms with Gasteiger partial charge in [-0.3, -0.25) is 24.0 Å². The lowest BCUT2D eigenvalue weighted by Crippen LogP contribution is -2.59. The number of nitrogens with one attached hydrogen (secondary N) is 4. The molecule has 0 spiro atoms. The van der Waals surface area contributed by atoms with Crippen molar-refractivity contribution in [3.8, 4) is 0 Å². The van der Waals surface area contributed by atoms with Gasteiger partial charge in [0, 0.05) is 47.3 Å². The number of likely N-dealkylation sites (tertiary alicyclic amines) is 1. The molecular weight excluding hydrogens is 727 g/mol. The van der Waals surface area contributed by atoms with Crippen LogP contribution in [0.1, 0.15) is 79.7 Å². The molecule has 5 amide bonds. The van der Waals surface area contributed by atoms with E-state index < -0.39 is 42.3 Å². The fraction of sp³-hybridized carbons (Fsp3) is 0.744. The number of rotatable bonds is 24. The Morgan fingerprint density at radius 2 is 1.49 bits per heavy atom. The minimum absolute atomic E-state index is 0.0107. The molecule has 9 atom stereocenters. The molecular formula is C43H75N7O7. The summed E-state index contributed by atoms with van der Waals surface area (Å²) in [6, 6.07) is 6.69. The van der Waals surface area contributed by atoms with Gasteiger partial charge in [0.25, 0.3) is 0 Å². The van der Waals surface area contributed by atoms with E-state index in [0.29, 0.717) is 32.5 Å². The normalized spacial score (nSPS) is 18.7. The second kappa shape index (κ2) is 24.4. The molecule has 324 valence electrons. The van der Waals surface area contributed by atoms with Crippen molar-refractivity contribution in [3.63, 3.8) is 0 Å². The molecule has 1 aliphatic heterocycles. The van der Waals surface area contributed by atoms with Crippen molar-refractivity contribution >= 4 is 29.5 Å². The first kappa shape index (κ1) is 49.6. The maximum atomic E-state index is 14.3. The monoisotopic (exact) mass is 802 g/mol. The zero-order chi connectivity index (χ0) is 43.0. The van der Waals surface area contributed by atoms with Gasteiger partial charge in [-0.25, -0.2) is 0 Å². The predicted molar refractivity (Wildman–Crippen MR) is 224 cm³/mol. The van der Waals surface area contributed by atoms with Crippen LogP contribution in [0.2, 0.25) is 0 Å². The number of ether oxygens (including phenoxy) is 2. The summed E-state index contributed by atoms with van der Waals surface area (Å²) in [5.41, 5.74) is 0.919. The van der Waals surface area contributed by atoms with Crippen LogP contribution in [0.5, 0.6) is 0 Å². The van der Waals surface area contributed by atoms with E-state index >= 15 is 0 Å². The molecule has 0 saturated carbocycles. The second-order valence-corrected chi connectivity index (χ2v) is 16.7. The predicted octanol–water partition coefficient (Wildman–Crippen LogP) is 2.70. The van der Waals surface area contributed by atoms with Gasteiger partial charge in [0.15, 0.2) is 0 Å². The van der Waals surface area contributed by atoms with Crippen molar-refractivity contribution in [1.82, 2.24) is 36.0 Å². The Kier molecular flexibility index (Phi) is 21.2. The van der Waals surface area contributed by atoms with Gasteiger partial charge in [-0.2, -0.15) is 0 Å². The van der Waals surface area contributed by atoms with Crippen LogP contribution in [0.15, 0.2) is 30.3 Å². The fourth-order valence-electron chi connectivity index (χ4n) is 7.94. The Morgan fingerprint density at radius 3 is 2.02 bits per heavy atom. The van der Waals surface area contributed by atoms with Crippen molar-refractivity contribution in [3.05, 3.63) is 35.9 Å². The molecule has 0 aliphatic carbocycles. The number of hydrogen-bond acceptors (Lipinski definition) is 9. The highest BCUT2D eigenvalue weighted by Crippen LogP contribution is 2.30. The van der Waals surface area contributed by atoms with E-state index in [1.165, 1.54) is 0 Å². The molecule has 0 radical (unpaired) electrons.